The smallest absolute Gasteiger partial charge is 0.251 e. The lowest BCUT2D eigenvalue weighted by molar-refractivity contribution is 0.0935. The number of rotatable bonds is 4. The molecule has 0 spiro atoms. The Labute approximate surface area is 115 Å². The zero-order valence-corrected chi connectivity index (χ0v) is 11.2. The lowest BCUT2D eigenvalue weighted by Crippen LogP contribution is -2.31. The summed E-state index contributed by atoms with van der Waals surface area (Å²) in [6, 6.07) is 2.97. The Morgan fingerprint density at radius 2 is 2.11 bits per heavy atom. The van der Waals surface area contributed by atoms with Crippen molar-refractivity contribution in [3.05, 3.63) is 27.7 Å². The minimum atomic E-state index is -0.264. The monoisotopic (exact) mass is 288 g/mol. The first-order chi connectivity index (χ1) is 8.47. The SMILES string of the molecule is Nc1cc(C(=O)NCC2(CO)CC2)cc(Cl)c1Cl. The van der Waals surface area contributed by atoms with Gasteiger partial charge in [0.25, 0.3) is 5.91 Å². The lowest BCUT2D eigenvalue weighted by atomic mass is 10.1. The van der Waals surface area contributed by atoms with Crippen LogP contribution in [-0.2, 0) is 0 Å². The number of aliphatic hydroxyl groups excluding tert-OH is 1. The molecular weight excluding hydrogens is 275 g/mol. The van der Waals surface area contributed by atoms with Gasteiger partial charge in [-0.1, -0.05) is 23.2 Å². The van der Waals surface area contributed by atoms with Gasteiger partial charge in [0, 0.05) is 17.5 Å². The molecule has 2 rings (SSSR count). The Hall–Kier alpha value is -0.970. The largest absolute Gasteiger partial charge is 0.397 e. The fraction of sp³-hybridized carbons (Fsp3) is 0.417. The molecule has 18 heavy (non-hydrogen) atoms. The third kappa shape index (κ3) is 2.71. The van der Waals surface area contributed by atoms with Crippen LogP contribution in [0.1, 0.15) is 23.2 Å². The lowest BCUT2D eigenvalue weighted by Gasteiger charge is -2.13. The molecule has 1 aromatic carbocycles. The van der Waals surface area contributed by atoms with Crippen molar-refractivity contribution in [2.24, 2.45) is 5.41 Å². The van der Waals surface area contributed by atoms with Gasteiger partial charge >= 0.3 is 0 Å². The molecule has 1 fully saturated rings. The quantitative estimate of drug-likeness (QED) is 0.743. The molecule has 4 nitrogen and oxygen atoms in total. The highest BCUT2D eigenvalue weighted by atomic mass is 35.5. The van der Waals surface area contributed by atoms with Crippen molar-refractivity contribution in [3.63, 3.8) is 0 Å². The summed E-state index contributed by atoms with van der Waals surface area (Å²) < 4.78 is 0. The molecule has 1 saturated carbocycles. The number of hydrogen-bond donors (Lipinski definition) is 3. The van der Waals surface area contributed by atoms with E-state index < -0.39 is 0 Å². The molecule has 0 unspecified atom stereocenters. The molecular formula is C12H14Cl2N2O2. The molecule has 1 aliphatic rings. The minimum absolute atomic E-state index is 0.0940. The van der Waals surface area contributed by atoms with E-state index in [1.165, 1.54) is 12.1 Å². The van der Waals surface area contributed by atoms with Gasteiger partial charge in [0.05, 0.1) is 22.3 Å². The van der Waals surface area contributed by atoms with Gasteiger partial charge in [-0.3, -0.25) is 4.79 Å². The summed E-state index contributed by atoms with van der Waals surface area (Å²) in [5, 5.41) is 12.4. The van der Waals surface area contributed by atoms with Crippen LogP contribution >= 0.6 is 23.2 Å². The molecule has 0 aromatic heterocycles. The second kappa shape index (κ2) is 4.96. The van der Waals surface area contributed by atoms with Gasteiger partial charge in [0.2, 0.25) is 0 Å². The van der Waals surface area contributed by atoms with Crippen LogP contribution < -0.4 is 11.1 Å². The Balaban J connectivity index is 2.05. The van der Waals surface area contributed by atoms with Gasteiger partial charge in [-0.25, -0.2) is 0 Å². The number of aliphatic hydroxyl groups is 1. The first-order valence-electron chi connectivity index (χ1n) is 5.61. The van der Waals surface area contributed by atoms with Crippen LogP contribution in [0.5, 0.6) is 0 Å². The maximum Gasteiger partial charge on any atom is 0.251 e. The molecule has 6 heteroatoms. The third-order valence-electron chi connectivity index (χ3n) is 3.24. The van der Waals surface area contributed by atoms with Crippen molar-refractivity contribution in [2.45, 2.75) is 12.8 Å². The zero-order valence-electron chi connectivity index (χ0n) is 9.67. The van der Waals surface area contributed by atoms with Gasteiger partial charge in [-0.2, -0.15) is 0 Å². The molecule has 0 saturated heterocycles. The molecule has 1 amide bonds. The van der Waals surface area contributed by atoms with Gasteiger partial charge in [-0.05, 0) is 25.0 Å². The predicted molar refractivity (Wildman–Crippen MR) is 72.0 cm³/mol. The highest BCUT2D eigenvalue weighted by molar-refractivity contribution is 6.43. The summed E-state index contributed by atoms with van der Waals surface area (Å²) >= 11 is 11.7. The summed E-state index contributed by atoms with van der Waals surface area (Å²) in [4.78, 5) is 11.9. The summed E-state index contributed by atoms with van der Waals surface area (Å²) in [5.41, 5.74) is 6.16. The summed E-state index contributed by atoms with van der Waals surface area (Å²) in [6.07, 6.45) is 1.88. The number of carbonyl (C=O) groups is 1. The van der Waals surface area contributed by atoms with Crippen LogP contribution in [0.15, 0.2) is 12.1 Å². The number of amides is 1. The maximum absolute atomic E-state index is 11.9. The molecule has 0 atom stereocenters. The molecule has 0 heterocycles. The van der Waals surface area contributed by atoms with Crippen LogP contribution in [0, 0.1) is 5.41 Å². The van der Waals surface area contributed by atoms with Gasteiger partial charge in [0.15, 0.2) is 0 Å². The van der Waals surface area contributed by atoms with Crippen molar-refractivity contribution in [2.75, 3.05) is 18.9 Å². The second-order valence-electron chi connectivity index (χ2n) is 4.70. The van der Waals surface area contributed by atoms with Crippen LogP contribution in [0.2, 0.25) is 10.0 Å². The van der Waals surface area contributed by atoms with E-state index in [1.54, 1.807) is 0 Å². The van der Waals surface area contributed by atoms with E-state index >= 15 is 0 Å². The Morgan fingerprint density at radius 1 is 1.44 bits per heavy atom. The average Bonchev–Trinajstić information content (AvgIpc) is 3.13. The van der Waals surface area contributed by atoms with Crippen LogP contribution in [0.25, 0.3) is 0 Å². The van der Waals surface area contributed by atoms with Crippen molar-refractivity contribution in [1.82, 2.24) is 5.32 Å². The molecule has 1 aromatic rings. The zero-order chi connectivity index (χ0) is 13.3. The second-order valence-corrected chi connectivity index (χ2v) is 5.49. The van der Waals surface area contributed by atoms with E-state index in [0.717, 1.165) is 12.8 Å². The maximum atomic E-state index is 11.9. The van der Waals surface area contributed by atoms with Gasteiger partial charge in [-0.15, -0.1) is 0 Å². The summed E-state index contributed by atoms with van der Waals surface area (Å²) in [7, 11) is 0. The highest BCUT2D eigenvalue weighted by Gasteiger charge is 2.42. The van der Waals surface area contributed by atoms with Crippen molar-refractivity contribution >= 4 is 34.8 Å². The number of nitrogens with one attached hydrogen (secondary N) is 1. The van der Waals surface area contributed by atoms with E-state index in [4.69, 9.17) is 34.0 Å². The third-order valence-corrected chi connectivity index (χ3v) is 4.05. The highest BCUT2D eigenvalue weighted by Crippen LogP contribution is 2.44. The fourth-order valence-corrected chi connectivity index (χ4v) is 2.01. The number of nitrogen functional groups attached to an aromatic ring is 1. The summed E-state index contributed by atoms with van der Waals surface area (Å²) in [5.74, 6) is -0.264. The normalized spacial score (nSPS) is 16.4. The first kappa shape index (κ1) is 13.5. The topological polar surface area (TPSA) is 75.4 Å². The van der Waals surface area contributed by atoms with Crippen molar-refractivity contribution < 1.29 is 9.90 Å². The number of anilines is 1. The van der Waals surface area contributed by atoms with E-state index in [-0.39, 0.29) is 33.7 Å². The Bertz CT molecular complexity index is 464. The van der Waals surface area contributed by atoms with Crippen molar-refractivity contribution in [1.29, 1.82) is 0 Å². The van der Waals surface area contributed by atoms with Crippen LogP contribution in [0.3, 0.4) is 0 Å². The Morgan fingerprint density at radius 3 is 2.61 bits per heavy atom. The first-order valence-corrected chi connectivity index (χ1v) is 6.37. The van der Waals surface area contributed by atoms with Gasteiger partial charge < -0.3 is 16.2 Å². The minimum Gasteiger partial charge on any atom is -0.397 e. The van der Waals surface area contributed by atoms with E-state index in [1.807, 2.05) is 0 Å². The number of nitrogens with two attached hydrogens (primary N) is 1. The Kier molecular flexibility index (Phi) is 3.71. The number of hydrogen-bond acceptors (Lipinski definition) is 3. The van der Waals surface area contributed by atoms with Crippen LogP contribution in [-0.4, -0.2) is 24.2 Å². The average molecular weight is 289 g/mol. The molecule has 0 aliphatic heterocycles. The predicted octanol–water partition coefficient (Wildman–Crippen LogP) is 2.08. The number of benzene rings is 1. The van der Waals surface area contributed by atoms with E-state index in [2.05, 4.69) is 5.32 Å². The molecule has 0 bridgehead atoms. The molecule has 1 aliphatic carbocycles. The standard InChI is InChI=1S/C12H14Cl2N2O2/c13-8-3-7(4-9(15)10(8)14)11(18)16-5-12(6-17)1-2-12/h3-4,17H,1-2,5-6,15H2,(H,16,18). The van der Waals surface area contributed by atoms with E-state index in [0.29, 0.717) is 12.1 Å². The van der Waals surface area contributed by atoms with E-state index in [9.17, 15) is 4.79 Å². The van der Waals surface area contributed by atoms with Crippen molar-refractivity contribution in [3.8, 4) is 0 Å². The number of carbonyl (C=O) groups excluding carboxylic acids is 1. The fourth-order valence-electron chi connectivity index (χ4n) is 1.68. The van der Waals surface area contributed by atoms with Crippen LogP contribution in [0.4, 0.5) is 5.69 Å². The molecule has 98 valence electrons. The molecule has 4 N–H and O–H groups in total. The summed E-state index contributed by atoms with van der Waals surface area (Å²) in [6.45, 7) is 0.555. The van der Waals surface area contributed by atoms with Gasteiger partial charge in [0.1, 0.15) is 0 Å². The molecule has 0 radical (unpaired) electrons. The number of halogens is 2.